The van der Waals surface area contributed by atoms with Crippen LogP contribution in [0.3, 0.4) is 0 Å². The lowest BCUT2D eigenvalue weighted by Gasteiger charge is -2.34. The van der Waals surface area contributed by atoms with Crippen molar-refractivity contribution in [2.45, 2.75) is 25.3 Å². The molecule has 1 aliphatic rings. The third kappa shape index (κ3) is 5.44. The van der Waals surface area contributed by atoms with E-state index in [9.17, 15) is 9.59 Å². The second kappa shape index (κ2) is 8.27. The Kier molecular flexibility index (Phi) is 6.69. The van der Waals surface area contributed by atoms with Gasteiger partial charge in [-0.3, -0.25) is 9.59 Å². The molecule has 1 saturated heterocycles. The largest absolute Gasteiger partial charge is 0.481 e. The van der Waals surface area contributed by atoms with Crippen molar-refractivity contribution in [3.05, 3.63) is 11.8 Å². The van der Waals surface area contributed by atoms with E-state index in [0.29, 0.717) is 0 Å². The van der Waals surface area contributed by atoms with Gasteiger partial charge in [0, 0.05) is 25.8 Å². The zero-order valence-corrected chi connectivity index (χ0v) is 12.5. The van der Waals surface area contributed by atoms with Crippen molar-refractivity contribution in [2.24, 2.45) is 0 Å². The van der Waals surface area contributed by atoms with Gasteiger partial charge in [-0.1, -0.05) is 0 Å². The summed E-state index contributed by atoms with van der Waals surface area (Å²) in [5.74, 6) is -1.25. The molecule has 0 radical (unpaired) electrons. The summed E-state index contributed by atoms with van der Waals surface area (Å²) >= 11 is 0. The second-order valence-electron chi connectivity index (χ2n) is 5.22. The van der Waals surface area contributed by atoms with Crippen molar-refractivity contribution in [3.63, 3.8) is 0 Å². The van der Waals surface area contributed by atoms with Gasteiger partial charge in [0.1, 0.15) is 11.6 Å². The second-order valence-corrected chi connectivity index (χ2v) is 5.22. The fraction of sp³-hybridized carbons (Fsp3) is 0.643. The Morgan fingerprint density at radius 1 is 1.48 bits per heavy atom. The van der Waals surface area contributed by atoms with Crippen LogP contribution in [0.5, 0.6) is 0 Å². The highest BCUT2D eigenvalue weighted by atomic mass is 16.4. The van der Waals surface area contributed by atoms with Crippen molar-refractivity contribution in [1.29, 1.82) is 5.26 Å². The van der Waals surface area contributed by atoms with Gasteiger partial charge in [-0.15, -0.1) is 0 Å². The number of carbonyl (C=O) groups excluding carboxylic acids is 1. The Hall–Kier alpha value is -2.07. The summed E-state index contributed by atoms with van der Waals surface area (Å²) in [6.07, 6.45) is 3.03. The summed E-state index contributed by atoms with van der Waals surface area (Å²) in [5, 5.41) is 20.3. The lowest BCUT2D eigenvalue weighted by molar-refractivity contribution is -0.136. The van der Waals surface area contributed by atoms with Crippen LogP contribution in [0.1, 0.15) is 19.3 Å². The first-order chi connectivity index (χ1) is 9.95. The van der Waals surface area contributed by atoms with Crippen LogP contribution in [0, 0.1) is 11.3 Å². The van der Waals surface area contributed by atoms with Gasteiger partial charge in [-0.05, 0) is 33.0 Å². The molecule has 1 amide bonds. The first kappa shape index (κ1) is 17.0. The van der Waals surface area contributed by atoms with E-state index in [1.54, 1.807) is 11.9 Å². The number of nitriles is 1. The molecular weight excluding hydrogens is 272 g/mol. The number of amides is 1. The highest BCUT2D eigenvalue weighted by Gasteiger charge is 2.25. The maximum atomic E-state index is 12.2. The molecule has 0 aromatic carbocycles. The molecule has 1 rings (SSSR count). The van der Waals surface area contributed by atoms with Gasteiger partial charge in [0.15, 0.2) is 0 Å². The van der Waals surface area contributed by atoms with Crippen LogP contribution >= 0.6 is 0 Å². The van der Waals surface area contributed by atoms with Crippen LogP contribution in [0.15, 0.2) is 11.8 Å². The summed E-state index contributed by atoms with van der Waals surface area (Å²) in [5.41, 5.74) is 0.00168. The third-order valence-corrected chi connectivity index (χ3v) is 3.64. The molecule has 0 spiro atoms. The zero-order valence-electron chi connectivity index (χ0n) is 12.5. The smallest absolute Gasteiger partial charge is 0.305 e. The van der Waals surface area contributed by atoms with Gasteiger partial charge in [-0.25, -0.2) is 0 Å². The maximum Gasteiger partial charge on any atom is 0.305 e. The molecule has 0 unspecified atom stereocenters. The average molecular weight is 294 g/mol. The number of likely N-dealkylation sites (N-methyl/N-ethyl adjacent to an activating group) is 1. The van der Waals surface area contributed by atoms with Crippen LogP contribution < -0.4 is 5.32 Å². The normalized spacial score (nSPS) is 17.1. The summed E-state index contributed by atoms with van der Waals surface area (Å²) in [6, 6.07) is 2.01. The molecule has 1 fully saturated rings. The lowest BCUT2D eigenvalue weighted by Crippen LogP contribution is -2.45. The van der Waals surface area contributed by atoms with E-state index in [0.717, 1.165) is 25.9 Å². The van der Waals surface area contributed by atoms with E-state index in [4.69, 9.17) is 10.4 Å². The van der Waals surface area contributed by atoms with Gasteiger partial charge < -0.3 is 20.2 Å². The zero-order chi connectivity index (χ0) is 15.8. The number of rotatable bonds is 6. The third-order valence-electron chi connectivity index (χ3n) is 3.64. The van der Waals surface area contributed by atoms with Gasteiger partial charge in [-0.2, -0.15) is 5.26 Å². The van der Waals surface area contributed by atoms with Gasteiger partial charge >= 0.3 is 5.97 Å². The minimum absolute atomic E-state index is 0.00168. The van der Waals surface area contributed by atoms with Crippen LogP contribution in [-0.2, 0) is 9.59 Å². The van der Waals surface area contributed by atoms with E-state index in [2.05, 4.69) is 10.2 Å². The SMILES string of the molecule is CN1CCC(N(C)C(=O)/C(C#N)=C\NCCC(=O)O)CC1. The molecule has 1 heterocycles. The Morgan fingerprint density at radius 3 is 2.62 bits per heavy atom. The standard InChI is InChI=1S/C14H22N4O3/c1-17-7-4-12(5-8-17)18(2)14(21)11(9-15)10-16-6-3-13(19)20/h10,12,16H,3-8H2,1-2H3,(H,19,20)/b11-10-. The minimum Gasteiger partial charge on any atom is -0.481 e. The fourth-order valence-corrected chi connectivity index (χ4v) is 2.23. The van der Waals surface area contributed by atoms with Crippen LogP contribution in [0.2, 0.25) is 0 Å². The van der Waals surface area contributed by atoms with Crippen molar-refractivity contribution in [2.75, 3.05) is 33.7 Å². The van der Waals surface area contributed by atoms with Crippen LogP contribution in [0.4, 0.5) is 0 Å². The number of nitrogens with one attached hydrogen (secondary N) is 1. The summed E-state index contributed by atoms with van der Waals surface area (Å²) in [6.45, 7) is 2.06. The quantitative estimate of drug-likeness (QED) is 0.407. The van der Waals surface area contributed by atoms with Crippen LogP contribution in [0.25, 0.3) is 0 Å². The van der Waals surface area contributed by atoms with Crippen molar-refractivity contribution < 1.29 is 14.7 Å². The number of carbonyl (C=O) groups is 2. The van der Waals surface area contributed by atoms with Crippen molar-refractivity contribution >= 4 is 11.9 Å². The van der Waals surface area contributed by atoms with E-state index in [1.165, 1.54) is 6.20 Å². The molecule has 1 aliphatic heterocycles. The number of piperidine rings is 1. The average Bonchev–Trinajstić information content (AvgIpc) is 2.46. The van der Waals surface area contributed by atoms with Gasteiger partial charge in [0.05, 0.1) is 6.42 Å². The summed E-state index contributed by atoms with van der Waals surface area (Å²) in [7, 11) is 3.76. The number of hydrogen-bond acceptors (Lipinski definition) is 5. The molecule has 0 saturated carbocycles. The highest BCUT2D eigenvalue weighted by Crippen LogP contribution is 2.15. The molecular formula is C14H22N4O3. The fourth-order valence-electron chi connectivity index (χ4n) is 2.23. The Labute approximate surface area is 124 Å². The number of aliphatic carboxylic acids is 1. The molecule has 7 heteroatoms. The van der Waals surface area contributed by atoms with E-state index >= 15 is 0 Å². The number of hydrogen-bond donors (Lipinski definition) is 2. The van der Waals surface area contributed by atoms with Crippen molar-refractivity contribution in [3.8, 4) is 6.07 Å². The Bertz CT molecular complexity index is 448. The van der Waals surface area contributed by atoms with E-state index < -0.39 is 5.97 Å². The van der Waals surface area contributed by atoms with Crippen LogP contribution in [-0.4, -0.2) is 66.6 Å². The monoisotopic (exact) mass is 294 g/mol. The molecule has 0 aliphatic carbocycles. The Balaban J connectivity index is 2.55. The number of likely N-dealkylation sites (tertiary alicyclic amines) is 1. The number of nitrogens with zero attached hydrogens (tertiary/aromatic N) is 3. The predicted octanol–water partition coefficient (Wildman–Crippen LogP) is 0.0108. The Morgan fingerprint density at radius 2 is 2.10 bits per heavy atom. The number of carboxylic acid groups (broad SMARTS) is 1. The van der Waals surface area contributed by atoms with E-state index in [-0.39, 0.29) is 30.5 Å². The first-order valence-corrected chi connectivity index (χ1v) is 6.97. The molecule has 0 atom stereocenters. The minimum atomic E-state index is -0.927. The van der Waals surface area contributed by atoms with Gasteiger partial charge in [0.25, 0.3) is 5.91 Å². The van der Waals surface area contributed by atoms with Crippen molar-refractivity contribution in [1.82, 2.24) is 15.1 Å². The molecule has 2 N–H and O–H groups in total. The number of carboxylic acids is 1. The summed E-state index contributed by atoms with van der Waals surface area (Å²) < 4.78 is 0. The molecule has 0 bridgehead atoms. The molecule has 0 aromatic rings. The molecule has 21 heavy (non-hydrogen) atoms. The highest BCUT2D eigenvalue weighted by molar-refractivity contribution is 5.97. The maximum absolute atomic E-state index is 12.2. The van der Waals surface area contributed by atoms with Gasteiger partial charge in [0.2, 0.25) is 0 Å². The topological polar surface area (TPSA) is 96.7 Å². The molecule has 116 valence electrons. The predicted molar refractivity (Wildman–Crippen MR) is 77.2 cm³/mol. The lowest BCUT2D eigenvalue weighted by atomic mass is 10.0. The summed E-state index contributed by atoms with van der Waals surface area (Å²) in [4.78, 5) is 26.5. The molecule has 0 aromatic heterocycles. The van der Waals surface area contributed by atoms with E-state index in [1.807, 2.05) is 13.1 Å². The first-order valence-electron chi connectivity index (χ1n) is 6.97. The molecule has 7 nitrogen and oxygen atoms in total.